The second kappa shape index (κ2) is 5.87. The van der Waals surface area contributed by atoms with Crippen LogP contribution in [0.1, 0.15) is 26.5 Å². The van der Waals surface area contributed by atoms with E-state index < -0.39 is 5.91 Å². The van der Waals surface area contributed by atoms with E-state index in [4.69, 9.17) is 9.15 Å². The van der Waals surface area contributed by atoms with Crippen LogP contribution in [0.15, 0.2) is 10.7 Å². The van der Waals surface area contributed by atoms with E-state index in [1.54, 1.807) is 11.2 Å². The van der Waals surface area contributed by atoms with E-state index in [1.165, 1.54) is 19.0 Å². The van der Waals surface area contributed by atoms with Crippen LogP contribution in [0.5, 0.6) is 0 Å². The van der Waals surface area contributed by atoms with Gasteiger partial charge in [-0.05, 0) is 0 Å². The molecule has 20 heavy (non-hydrogen) atoms. The van der Waals surface area contributed by atoms with E-state index >= 15 is 0 Å². The van der Waals surface area contributed by atoms with E-state index in [1.807, 2.05) is 0 Å². The molecule has 1 aliphatic heterocycles. The third kappa shape index (κ3) is 2.57. The summed E-state index contributed by atoms with van der Waals surface area (Å²) in [6.45, 7) is 1.79. The van der Waals surface area contributed by atoms with Crippen LogP contribution in [-0.4, -0.2) is 68.3 Å². The topological polar surface area (TPSA) is 80.1 Å². The smallest absolute Gasteiger partial charge is 0.272 e. The van der Waals surface area contributed by atoms with Gasteiger partial charge in [-0.15, -0.1) is 0 Å². The van der Waals surface area contributed by atoms with Crippen LogP contribution in [0.2, 0.25) is 0 Å². The Bertz CT molecular complexity index is 529. The lowest BCUT2D eigenvalue weighted by atomic mass is 10.1. The first kappa shape index (κ1) is 14.3. The lowest BCUT2D eigenvalue weighted by Gasteiger charge is -2.26. The number of nitrogens with zero attached hydrogens (tertiary/aromatic N) is 2. The molecule has 1 radical (unpaired) electrons. The van der Waals surface area contributed by atoms with Crippen LogP contribution in [0, 0.1) is 0 Å². The Labute approximate surface area is 116 Å². The van der Waals surface area contributed by atoms with Gasteiger partial charge in [0.25, 0.3) is 18.1 Å². The van der Waals surface area contributed by atoms with Gasteiger partial charge in [0.1, 0.15) is 11.8 Å². The van der Waals surface area contributed by atoms with E-state index in [0.29, 0.717) is 26.3 Å². The third-order valence-electron chi connectivity index (χ3n) is 3.03. The molecule has 0 aliphatic carbocycles. The van der Waals surface area contributed by atoms with Gasteiger partial charge < -0.3 is 19.0 Å². The molecule has 2 heterocycles. The minimum Gasteiger partial charge on any atom is -0.459 e. The molecule has 7 heteroatoms. The van der Waals surface area contributed by atoms with Crippen molar-refractivity contribution in [3.8, 4) is 0 Å². The predicted octanol–water partition coefficient (Wildman–Crippen LogP) is -0.0884. The normalized spacial score (nSPS) is 15.0. The summed E-state index contributed by atoms with van der Waals surface area (Å²) >= 11 is 0. The molecule has 0 aromatic carbocycles. The van der Waals surface area contributed by atoms with Crippen LogP contribution in [-0.2, 0) is 9.53 Å². The SMILES string of the molecule is CN(C)C(=O)c1c(C(=O)N2CCOCC2)coc1[C]=O. The molecule has 1 aromatic heterocycles. The van der Waals surface area contributed by atoms with Crippen LogP contribution in [0.25, 0.3) is 0 Å². The lowest BCUT2D eigenvalue weighted by Crippen LogP contribution is -2.41. The second-order valence-electron chi connectivity index (χ2n) is 4.56. The maximum Gasteiger partial charge on any atom is 0.272 e. The molecule has 2 rings (SSSR count). The van der Waals surface area contributed by atoms with Crippen molar-refractivity contribution in [2.75, 3.05) is 40.4 Å². The fourth-order valence-corrected chi connectivity index (χ4v) is 1.96. The van der Waals surface area contributed by atoms with Crippen LogP contribution in [0.3, 0.4) is 0 Å². The molecule has 0 spiro atoms. The average Bonchev–Trinajstić information content (AvgIpc) is 2.90. The molecule has 2 amide bonds. The van der Waals surface area contributed by atoms with Crippen molar-refractivity contribution in [2.24, 2.45) is 0 Å². The summed E-state index contributed by atoms with van der Waals surface area (Å²) in [6, 6.07) is 0. The molecule has 1 fully saturated rings. The van der Waals surface area contributed by atoms with E-state index in [0.717, 1.165) is 6.26 Å². The van der Waals surface area contributed by atoms with Crippen molar-refractivity contribution >= 4 is 18.1 Å². The van der Waals surface area contributed by atoms with Crippen molar-refractivity contribution in [2.45, 2.75) is 0 Å². The fraction of sp³-hybridized carbons (Fsp3) is 0.462. The second-order valence-corrected chi connectivity index (χ2v) is 4.56. The van der Waals surface area contributed by atoms with Gasteiger partial charge in [-0.25, -0.2) is 0 Å². The number of hydrogen-bond acceptors (Lipinski definition) is 5. The number of morpholine rings is 1. The summed E-state index contributed by atoms with van der Waals surface area (Å²) in [5.74, 6) is -1.06. The van der Waals surface area contributed by atoms with Gasteiger partial charge in [0, 0.05) is 27.2 Å². The van der Waals surface area contributed by atoms with Gasteiger partial charge >= 0.3 is 0 Å². The maximum absolute atomic E-state index is 12.4. The zero-order chi connectivity index (χ0) is 14.7. The Morgan fingerprint density at radius 3 is 2.50 bits per heavy atom. The van der Waals surface area contributed by atoms with Crippen molar-refractivity contribution in [3.05, 3.63) is 23.2 Å². The standard InChI is InChI=1S/C13H15N2O5/c1-14(2)13(18)11-9(8-20-10(11)7-16)12(17)15-3-5-19-6-4-15/h8H,3-6H2,1-2H3. The zero-order valence-electron chi connectivity index (χ0n) is 11.3. The van der Waals surface area contributed by atoms with E-state index in [9.17, 15) is 14.4 Å². The molecule has 1 aliphatic rings. The summed E-state index contributed by atoms with van der Waals surface area (Å²) in [5.41, 5.74) is 0.0467. The average molecular weight is 279 g/mol. The fourth-order valence-electron chi connectivity index (χ4n) is 1.96. The molecule has 0 atom stereocenters. The number of rotatable bonds is 3. The van der Waals surface area contributed by atoms with Gasteiger partial charge in [-0.2, -0.15) is 0 Å². The summed E-state index contributed by atoms with van der Waals surface area (Å²) in [5, 5.41) is 0. The van der Waals surface area contributed by atoms with Crippen molar-refractivity contribution in [1.82, 2.24) is 9.80 Å². The molecular weight excluding hydrogens is 264 g/mol. The monoisotopic (exact) mass is 279 g/mol. The minimum atomic E-state index is -0.464. The number of carbonyl (C=O) groups excluding carboxylic acids is 3. The van der Waals surface area contributed by atoms with Crippen molar-refractivity contribution < 1.29 is 23.5 Å². The molecule has 1 aromatic rings. The summed E-state index contributed by atoms with van der Waals surface area (Å²) in [4.78, 5) is 38.1. The zero-order valence-corrected chi connectivity index (χ0v) is 11.3. The van der Waals surface area contributed by atoms with Crippen molar-refractivity contribution in [3.63, 3.8) is 0 Å². The Balaban J connectivity index is 2.35. The Hall–Kier alpha value is -2.15. The summed E-state index contributed by atoms with van der Waals surface area (Å²) in [7, 11) is 3.07. The predicted molar refractivity (Wildman–Crippen MR) is 68.2 cm³/mol. The Morgan fingerprint density at radius 1 is 1.30 bits per heavy atom. The highest BCUT2D eigenvalue weighted by Gasteiger charge is 2.29. The number of ether oxygens (including phenoxy) is 1. The molecular formula is C13H15N2O5. The van der Waals surface area contributed by atoms with Gasteiger partial charge in [0.2, 0.25) is 0 Å². The Kier molecular flexibility index (Phi) is 4.19. The molecule has 0 bridgehead atoms. The van der Waals surface area contributed by atoms with Crippen LogP contribution in [0.4, 0.5) is 0 Å². The lowest BCUT2D eigenvalue weighted by molar-refractivity contribution is 0.0301. The molecule has 0 N–H and O–H groups in total. The first-order valence-electron chi connectivity index (χ1n) is 6.14. The van der Waals surface area contributed by atoms with Crippen LogP contribution < -0.4 is 0 Å². The number of hydrogen-bond donors (Lipinski definition) is 0. The van der Waals surface area contributed by atoms with Gasteiger partial charge in [0.05, 0.1) is 18.8 Å². The van der Waals surface area contributed by atoms with Gasteiger partial charge in [0.15, 0.2) is 5.76 Å². The summed E-state index contributed by atoms with van der Waals surface area (Å²) in [6.07, 6.45) is 2.68. The third-order valence-corrected chi connectivity index (χ3v) is 3.03. The highest BCUT2D eigenvalue weighted by atomic mass is 16.5. The quantitative estimate of drug-likeness (QED) is 0.772. The minimum absolute atomic E-state index is 0.0403. The maximum atomic E-state index is 12.4. The number of furan rings is 1. The Morgan fingerprint density at radius 2 is 1.95 bits per heavy atom. The number of amides is 2. The first-order chi connectivity index (χ1) is 9.56. The number of carbonyl (C=O) groups is 2. The highest BCUT2D eigenvalue weighted by Crippen LogP contribution is 2.20. The van der Waals surface area contributed by atoms with Gasteiger partial charge in [-0.1, -0.05) is 0 Å². The summed E-state index contributed by atoms with van der Waals surface area (Å²) < 4.78 is 10.2. The van der Waals surface area contributed by atoms with Crippen LogP contribution >= 0.6 is 0 Å². The van der Waals surface area contributed by atoms with Crippen molar-refractivity contribution in [1.29, 1.82) is 0 Å². The first-order valence-corrected chi connectivity index (χ1v) is 6.14. The molecule has 7 nitrogen and oxygen atoms in total. The molecule has 0 unspecified atom stereocenters. The molecule has 0 saturated carbocycles. The highest BCUT2D eigenvalue weighted by molar-refractivity contribution is 6.10. The molecule has 1 saturated heterocycles. The molecule has 107 valence electrons. The van der Waals surface area contributed by atoms with Gasteiger partial charge in [-0.3, -0.25) is 14.4 Å². The van der Waals surface area contributed by atoms with E-state index in [-0.39, 0.29) is 22.8 Å². The van der Waals surface area contributed by atoms with E-state index in [2.05, 4.69) is 0 Å². The largest absolute Gasteiger partial charge is 0.459 e.